The average Bonchev–Trinajstić information content (AvgIpc) is 2.73. The molecule has 0 spiro atoms. The highest BCUT2D eigenvalue weighted by Crippen LogP contribution is 2.39. The minimum absolute atomic E-state index is 0.0145. The molecule has 5 heteroatoms. The van der Waals surface area contributed by atoms with Crippen molar-refractivity contribution in [1.82, 2.24) is 0 Å². The summed E-state index contributed by atoms with van der Waals surface area (Å²) in [4.78, 5) is 0. The van der Waals surface area contributed by atoms with E-state index in [-0.39, 0.29) is 11.3 Å². The first-order chi connectivity index (χ1) is 14.5. The van der Waals surface area contributed by atoms with Crippen LogP contribution >= 0.6 is 0 Å². The highest BCUT2D eigenvalue weighted by atomic mass is 19.3. The van der Waals surface area contributed by atoms with Gasteiger partial charge in [-0.2, -0.15) is 8.78 Å². The zero-order valence-corrected chi connectivity index (χ0v) is 16.7. The van der Waals surface area contributed by atoms with E-state index < -0.39 is 12.4 Å². The summed E-state index contributed by atoms with van der Waals surface area (Å²) >= 11 is 0. The molecule has 30 heavy (non-hydrogen) atoms. The Balaban J connectivity index is 2.06. The van der Waals surface area contributed by atoms with Crippen LogP contribution in [-0.2, 0) is 6.42 Å². The normalized spacial score (nSPS) is 11.4. The molecule has 0 amide bonds. The lowest BCUT2D eigenvalue weighted by Gasteiger charge is -2.15. The van der Waals surface area contributed by atoms with Gasteiger partial charge in [-0.3, -0.25) is 0 Å². The van der Waals surface area contributed by atoms with Crippen molar-refractivity contribution in [3.8, 4) is 22.6 Å². The number of allylic oxidation sites excluding steroid dienone is 2. The lowest BCUT2D eigenvalue weighted by atomic mass is 9.97. The first-order valence-corrected chi connectivity index (χ1v) is 9.68. The molecule has 0 fully saturated rings. The third-order valence-electron chi connectivity index (χ3n) is 4.69. The van der Waals surface area contributed by atoms with Gasteiger partial charge in [0.25, 0.3) is 0 Å². The van der Waals surface area contributed by atoms with Crippen LogP contribution < -0.4 is 9.47 Å². The lowest BCUT2D eigenvalue weighted by Crippen LogP contribution is -2.05. The molecule has 0 aliphatic heterocycles. The van der Waals surface area contributed by atoms with E-state index in [4.69, 9.17) is 4.74 Å². The smallest absolute Gasteiger partial charge is 0.387 e. The molecule has 0 atom stereocenters. The van der Waals surface area contributed by atoms with E-state index in [2.05, 4.69) is 11.3 Å². The van der Waals surface area contributed by atoms with E-state index in [1.54, 1.807) is 30.3 Å². The first-order valence-electron chi connectivity index (χ1n) is 9.68. The Morgan fingerprint density at radius 2 is 1.83 bits per heavy atom. The monoisotopic (exact) mass is 412 g/mol. The molecule has 0 aromatic heterocycles. The van der Waals surface area contributed by atoms with Crippen LogP contribution in [0.4, 0.5) is 13.2 Å². The number of benzene rings is 3. The highest BCUT2D eigenvalue weighted by molar-refractivity contribution is 5.92. The van der Waals surface area contributed by atoms with Crippen LogP contribution in [0.5, 0.6) is 11.5 Å². The van der Waals surface area contributed by atoms with Crippen LogP contribution in [0.25, 0.3) is 21.9 Å². The topological polar surface area (TPSA) is 18.5 Å². The molecule has 0 heterocycles. The Bertz CT molecular complexity index is 1040. The zero-order valence-electron chi connectivity index (χ0n) is 16.7. The fourth-order valence-corrected chi connectivity index (χ4v) is 3.21. The fourth-order valence-electron chi connectivity index (χ4n) is 3.21. The molecule has 3 aromatic rings. The Labute approximate surface area is 174 Å². The predicted molar refractivity (Wildman–Crippen MR) is 115 cm³/mol. The van der Waals surface area contributed by atoms with Gasteiger partial charge in [0.15, 0.2) is 0 Å². The highest BCUT2D eigenvalue weighted by Gasteiger charge is 2.19. The van der Waals surface area contributed by atoms with E-state index >= 15 is 4.39 Å². The van der Waals surface area contributed by atoms with Crippen molar-refractivity contribution in [3.63, 3.8) is 0 Å². The Kier molecular flexibility index (Phi) is 7.17. The molecule has 0 N–H and O–H groups in total. The molecule has 0 saturated heterocycles. The van der Waals surface area contributed by atoms with Crippen molar-refractivity contribution >= 4 is 10.8 Å². The van der Waals surface area contributed by atoms with Gasteiger partial charge in [0.2, 0.25) is 0 Å². The molecule has 2 nitrogen and oxygen atoms in total. The van der Waals surface area contributed by atoms with Crippen LogP contribution in [-0.4, -0.2) is 13.2 Å². The van der Waals surface area contributed by atoms with Gasteiger partial charge in [0.1, 0.15) is 23.9 Å². The van der Waals surface area contributed by atoms with Crippen LogP contribution in [0, 0.1) is 5.82 Å². The van der Waals surface area contributed by atoms with Crippen molar-refractivity contribution in [3.05, 3.63) is 84.7 Å². The van der Waals surface area contributed by atoms with Gasteiger partial charge in [-0.25, -0.2) is 4.39 Å². The van der Waals surface area contributed by atoms with Gasteiger partial charge in [-0.05, 0) is 60.5 Å². The largest absolute Gasteiger partial charge is 0.490 e. The molecule has 3 aromatic carbocycles. The van der Waals surface area contributed by atoms with Crippen molar-refractivity contribution < 1.29 is 22.6 Å². The van der Waals surface area contributed by atoms with Crippen molar-refractivity contribution in [2.75, 3.05) is 6.61 Å². The quantitative estimate of drug-likeness (QED) is 0.343. The average molecular weight is 412 g/mol. The van der Waals surface area contributed by atoms with Crippen LogP contribution in [0.2, 0.25) is 0 Å². The maximum absolute atomic E-state index is 15.4. The maximum atomic E-state index is 15.4. The number of rotatable bonds is 9. The maximum Gasteiger partial charge on any atom is 0.387 e. The van der Waals surface area contributed by atoms with E-state index in [9.17, 15) is 8.78 Å². The van der Waals surface area contributed by atoms with E-state index in [0.717, 1.165) is 18.4 Å². The van der Waals surface area contributed by atoms with Crippen LogP contribution in [0.1, 0.15) is 18.9 Å². The van der Waals surface area contributed by atoms with Crippen molar-refractivity contribution in [2.24, 2.45) is 0 Å². The number of halogens is 3. The van der Waals surface area contributed by atoms with Crippen LogP contribution in [0.15, 0.2) is 73.3 Å². The summed E-state index contributed by atoms with van der Waals surface area (Å²) in [6.45, 7) is 2.87. The standard InChI is InChI=1S/C25H23F3O2/c1-3-5-7-17-8-10-18(11-9-17)23-22(30-25(27)28)16-19-15-20(29-14-6-4-2)12-13-21(19)24(23)26/h3-4,6,8-13,15-16,25H,1,5,7,14H2,2H3. The summed E-state index contributed by atoms with van der Waals surface area (Å²) in [5.74, 6) is -0.302. The minimum atomic E-state index is -3.07. The molecular weight excluding hydrogens is 389 g/mol. The first kappa shape index (κ1) is 21.5. The van der Waals surface area contributed by atoms with Gasteiger partial charge >= 0.3 is 6.61 Å². The zero-order chi connectivity index (χ0) is 21.5. The Morgan fingerprint density at radius 3 is 2.50 bits per heavy atom. The van der Waals surface area contributed by atoms with Gasteiger partial charge in [0, 0.05) is 5.39 Å². The molecule has 0 saturated carbocycles. The van der Waals surface area contributed by atoms with Crippen molar-refractivity contribution in [2.45, 2.75) is 26.4 Å². The molecule has 0 bridgehead atoms. The van der Waals surface area contributed by atoms with Gasteiger partial charge in [-0.15, -0.1) is 6.58 Å². The number of ether oxygens (including phenoxy) is 2. The molecule has 0 unspecified atom stereocenters. The van der Waals surface area contributed by atoms with Gasteiger partial charge in [0.05, 0.1) is 5.56 Å². The van der Waals surface area contributed by atoms with E-state index in [1.165, 1.54) is 6.07 Å². The molecule has 3 rings (SSSR count). The number of fused-ring (bicyclic) bond motifs is 1. The summed E-state index contributed by atoms with van der Waals surface area (Å²) in [5, 5.41) is 0.730. The number of hydrogen-bond donors (Lipinski definition) is 0. The number of aryl methyl sites for hydroxylation is 1. The molecule has 156 valence electrons. The summed E-state index contributed by atoms with van der Waals surface area (Å²) in [5.41, 5.74) is 1.54. The molecule has 0 aliphatic rings. The molecular formula is C25H23F3O2. The van der Waals surface area contributed by atoms with Crippen molar-refractivity contribution in [1.29, 1.82) is 0 Å². The third-order valence-corrected chi connectivity index (χ3v) is 4.69. The lowest BCUT2D eigenvalue weighted by molar-refractivity contribution is -0.0494. The van der Waals surface area contributed by atoms with Crippen LogP contribution in [0.3, 0.4) is 0 Å². The summed E-state index contributed by atoms with van der Waals surface area (Å²) in [7, 11) is 0. The SMILES string of the molecule is C=CCCc1ccc(-c2c(OC(F)F)cc3cc(OCC=CC)ccc3c2F)cc1. The number of alkyl halides is 2. The van der Waals surface area contributed by atoms with E-state index in [1.807, 2.05) is 37.3 Å². The second-order valence-corrected chi connectivity index (χ2v) is 6.73. The summed E-state index contributed by atoms with van der Waals surface area (Å²) < 4.78 is 51.8. The third kappa shape index (κ3) is 5.03. The second-order valence-electron chi connectivity index (χ2n) is 6.73. The molecule has 0 aliphatic carbocycles. The summed E-state index contributed by atoms with van der Waals surface area (Å²) in [6, 6.07) is 13.4. The van der Waals surface area contributed by atoms with E-state index in [0.29, 0.717) is 28.7 Å². The summed E-state index contributed by atoms with van der Waals surface area (Å²) in [6.07, 6.45) is 7.13. The Morgan fingerprint density at radius 1 is 1.07 bits per heavy atom. The predicted octanol–water partition coefficient (Wildman–Crippen LogP) is 7.32. The number of hydrogen-bond acceptors (Lipinski definition) is 2. The minimum Gasteiger partial charge on any atom is -0.490 e. The Hall–Kier alpha value is -3.21. The van der Waals surface area contributed by atoms with Gasteiger partial charge < -0.3 is 9.47 Å². The second kappa shape index (κ2) is 10.0. The van der Waals surface area contributed by atoms with Gasteiger partial charge in [-0.1, -0.05) is 42.5 Å². The fraction of sp³-hybridized carbons (Fsp3) is 0.200. The molecule has 0 radical (unpaired) electrons.